The summed E-state index contributed by atoms with van der Waals surface area (Å²) in [7, 11) is -3.82. The van der Waals surface area contributed by atoms with Gasteiger partial charge in [0.25, 0.3) is 10.0 Å². The van der Waals surface area contributed by atoms with E-state index in [2.05, 4.69) is 20.2 Å². The lowest BCUT2D eigenvalue weighted by atomic mass is 10.2. The molecular weight excluding hydrogens is 307 g/mol. The normalized spacial score (nSPS) is 11.2. The van der Waals surface area contributed by atoms with Crippen LogP contribution in [-0.4, -0.2) is 25.2 Å². The van der Waals surface area contributed by atoms with Crippen molar-refractivity contribution in [3.05, 3.63) is 41.7 Å². The second-order valence-electron chi connectivity index (χ2n) is 4.75. The lowest BCUT2D eigenvalue weighted by Crippen LogP contribution is -2.15. The molecule has 0 aliphatic carbocycles. The summed E-state index contributed by atoms with van der Waals surface area (Å²) in [5.41, 5.74) is 0.257. The van der Waals surface area contributed by atoms with Crippen LogP contribution < -0.4 is 10.0 Å². The Morgan fingerprint density at radius 2 is 1.82 bits per heavy atom. The SMILES string of the molecule is CCCNc1ccc(NS(=O)(=O)c2ccc(F)c(C)c2)nn1. The second kappa shape index (κ2) is 6.69. The molecule has 2 N–H and O–H groups in total. The average Bonchev–Trinajstić information content (AvgIpc) is 2.49. The number of nitrogens with one attached hydrogen (secondary N) is 2. The first-order valence-corrected chi connectivity index (χ1v) is 8.27. The number of aromatic nitrogens is 2. The molecule has 0 atom stereocenters. The monoisotopic (exact) mass is 324 g/mol. The van der Waals surface area contributed by atoms with E-state index in [-0.39, 0.29) is 16.3 Å². The summed E-state index contributed by atoms with van der Waals surface area (Å²) in [6.07, 6.45) is 0.944. The Hall–Kier alpha value is -2.22. The molecule has 2 rings (SSSR count). The van der Waals surface area contributed by atoms with Gasteiger partial charge < -0.3 is 5.32 Å². The van der Waals surface area contributed by atoms with E-state index in [4.69, 9.17) is 0 Å². The number of anilines is 2. The van der Waals surface area contributed by atoms with Crippen molar-refractivity contribution < 1.29 is 12.8 Å². The van der Waals surface area contributed by atoms with Crippen LogP contribution in [0.5, 0.6) is 0 Å². The minimum Gasteiger partial charge on any atom is -0.369 e. The maximum atomic E-state index is 13.2. The summed E-state index contributed by atoms with van der Waals surface area (Å²) in [6.45, 7) is 4.28. The molecule has 2 aromatic rings. The van der Waals surface area contributed by atoms with E-state index in [0.29, 0.717) is 5.82 Å². The molecule has 0 fully saturated rings. The molecule has 0 amide bonds. The van der Waals surface area contributed by atoms with E-state index < -0.39 is 15.8 Å². The van der Waals surface area contributed by atoms with Crippen molar-refractivity contribution in [2.45, 2.75) is 25.2 Å². The number of aryl methyl sites for hydroxylation is 1. The van der Waals surface area contributed by atoms with Crippen molar-refractivity contribution in [2.24, 2.45) is 0 Å². The number of hydrogen-bond donors (Lipinski definition) is 2. The highest BCUT2D eigenvalue weighted by molar-refractivity contribution is 7.92. The predicted octanol–water partition coefficient (Wildman–Crippen LogP) is 2.55. The molecule has 1 aromatic heterocycles. The highest BCUT2D eigenvalue weighted by atomic mass is 32.2. The molecule has 118 valence electrons. The Morgan fingerprint density at radius 3 is 2.41 bits per heavy atom. The minimum atomic E-state index is -3.82. The van der Waals surface area contributed by atoms with Gasteiger partial charge in [-0.2, -0.15) is 0 Å². The number of hydrogen-bond acceptors (Lipinski definition) is 5. The van der Waals surface area contributed by atoms with Gasteiger partial charge >= 0.3 is 0 Å². The summed E-state index contributed by atoms with van der Waals surface area (Å²) in [5.74, 6) is 0.219. The van der Waals surface area contributed by atoms with Crippen molar-refractivity contribution in [1.29, 1.82) is 0 Å². The zero-order chi connectivity index (χ0) is 16.2. The summed E-state index contributed by atoms with van der Waals surface area (Å²) in [5, 5.41) is 10.7. The number of sulfonamides is 1. The highest BCUT2D eigenvalue weighted by Crippen LogP contribution is 2.17. The molecule has 0 saturated carbocycles. The molecule has 0 radical (unpaired) electrons. The fourth-order valence-corrected chi connectivity index (χ4v) is 2.80. The molecule has 6 nitrogen and oxygen atoms in total. The number of halogens is 1. The number of rotatable bonds is 6. The van der Waals surface area contributed by atoms with Crippen LogP contribution in [0.4, 0.5) is 16.0 Å². The molecule has 0 bridgehead atoms. The molecule has 8 heteroatoms. The maximum absolute atomic E-state index is 13.2. The Morgan fingerprint density at radius 1 is 1.14 bits per heavy atom. The first-order chi connectivity index (χ1) is 10.4. The topological polar surface area (TPSA) is 84.0 Å². The molecule has 0 aliphatic heterocycles. The first kappa shape index (κ1) is 16.2. The summed E-state index contributed by atoms with van der Waals surface area (Å²) in [4.78, 5) is -0.0265. The van der Waals surface area contributed by atoms with Gasteiger partial charge in [-0.3, -0.25) is 4.72 Å². The number of benzene rings is 1. The zero-order valence-electron chi connectivity index (χ0n) is 12.3. The van der Waals surface area contributed by atoms with Crippen LogP contribution in [0.3, 0.4) is 0 Å². The van der Waals surface area contributed by atoms with E-state index >= 15 is 0 Å². The average molecular weight is 324 g/mol. The minimum absolute atomic E-state index is 0.0265. The van der Waals surface area contributed by atoms with E-state index in [1.54, 1.807) is 6.07 Å². The lowest BCUT2D eigenvalue weighted by molar-refractivity contribution is 0.598. The van der Waals surface area contributed by atoms with Gasteiger partial charge in [0.05, 0.1) is 4.90 Å². The fraction of sp³-hybridized carbons (Fsp3) is 0.286. The smallest absolute Gasteiger partial charge is 0.263 e. The van der Waals surface area contributed by atoms with Crippen molar-refractivity contribution in [3.8, 4) is 0 Å². The third-order valence-corrected chi connectivity index (χ3v) is 4.25. The summed E-state index contributed by atoms with van der Waals surface area (Å²) in [6, 6.07) is 6.74. The van der Waals surface area contributed by atoms with E-state index in [0.717, 1.165) is 19.0 Å². The molecule has 0 aliphatic rings. The molecule has 0 spiro atoms. The Bertz CT molecular complexity index is 748. The van der Waals surface area contributed by atoms with Crippen molar-refractivity contribution >= 4 is 21.7 Å². The maximum Gasteiger partial charge on any atom is 0.263 e. The Balaban J connectivity index is 2.16. The van der Waals surface area contributed by atoms with Crippen LogP contribution in [0.25, 0.3) is 0 Å². The van der Waals surface area contributed by atoms with Crippen molar-refractivity contribution in [3.63, 3.8) is 0 Å². The largest absolute Gasteiger partial charge is 0.369 e. The molecule has 22 heavy (non-hydrogen) atoms. The molecular formula is C14H17FN4O2S. The van der Waals surface area contributed by atoms with Crippen molar-refractivity contribution in [1.82, 2.24) is 10.2 Å². The van der Waals surface area contributed by atoms with Gasteiger partial charge in [-0.15, -0.1) is 10.2 Å². The van der Waals surface area contributed by atoms with Gasteiger partial charge in [-0.25, -0.2) is 12.8 Å². The first-order valence-electron chi connectivity index (χ1n) is 6.79. The van der Waals surface area contributed by atoms with E-state index in [9.17, 15) is 12.8 Å². The van der Waals surface area contributed by atoms with Gasteiger partial charge in [0.1, 0.15) is 11.6 Å². The molecule has 0 unspecified atom stereocenters. The van der Waals surface area contributed by atoms with Gasteiger partial charge in [0.2, 0.25) is 0 Å². The third kappa shape index (κ3) is 3.91. The molecule has 1 aromatic carbocycles. The quantitative estimate of drug-likeness (QED) is 0.853. The van der Waals surface area contributed by atoms with Crippen LogP contribution in [0.2, 0.25) is 0 Å². The van der Waals surface area contributed by atoms with Crippen LogP contribution >= 0.6 is 0 Å². The highest BCUT2D eigenvalue weighted by Gasteiger charge is 2.16. The Kier molecular flexibility index (Phi) is 4.92. The second-order valence-corrected chi connectivity index (χ2v) is 6.43. The van der Waals surface area contributed by atoms with Crippen LogP contribution in [0.1, 0.15) is 18.9 Å². The lowest BCUT2D eigenvalue weighted by Gasteiger charge is -2.08. The van der Waals surface area contributed by atoms with Crippen molar-refractivity contribution in [2.75, 3.05) is 16.6 Å². The molecule has 0 saturated heterocycles. The van der Waals surface area contributed by atoms with E-state index in [1.807, 2.05) is 6.92 Å². The van der Waals surface area contributed by atoms with Crippen LogP contribution in [-0.2, 0) is 10.0 Å². The summed E-state index contributed by atoms with van der Waals surface area (Å²) < 4.78 is 39.9. The fourth-order valence-electron chi connectivity index (χ4n) is 1.71. The zero-order valence-corrected chi connectivity index (χ0v) is 13.1. The number of nitrogens with zero attached hydrogens (tertiary/aromatic N) is 2. The molecule has 1 heterocycles. The standard InChI is InChI=1S/C14H17FN4O2S/c1-3-8-16-13-6-7-14(18-17-13)19-22(20,21)11-4-5-12(15)10(2)9-11/h4-7,9H,3,8H2,1-2H3,(H,16,17)(H,18,19). The van der Waals surface area contributed by atoms with Gasteiger partial charge in [-0.1, -0.05) is 6.92 Å². The predicted molar refractivity (Wildman–Crippen MR) is 82.8 cm³/mol. The van der Waals surface area contributed by atoms with Crippen LogP contribution in [0, 0.1) is 12.7 Å². The van der Waals surface area contributed by atoms with E-state index in [1.165, 1.54) is 25.1 Å². The van der Waals surface area contributed by atoms with Gasteiger partial charge in [0, 0.05) is 6.54 Å². The van der Waals surface area contributed by atoms with Crippen LogP contribution in [0.15, 0.2) is 35.2 Å². The Labute approximate surface area is 128 Å². The third-order valence-electron chi connectivity index (χ3n) is 2.90. The van der Waals surface area contributed by atoms with Gasteiger partial charge in [0.15, 0.2) is 5.82 Å². The summed E-state index contributed by atoms with van der Waals surface area (Å²) >= 11 is 0. The van der Waals surface area contributed by atoms with Gasteiger partial charge in [-0.05, 0) is 49.2 Å².